The summed E-state index contributed by atoms with van der Waals surface area (Å²) in [5.74, 6) is 0.888. The molecule has 0 saturated carbocycles. The van der Waals surface area contributed by atoms with Gasteiger partial charge >= 0.3 is 0 Å². The average molecular weight is 334 g/mol. The van der Waals surface area contributed by atoms with Crippen molar-refractivity contribution in [3.05, 3.63) is 77.9 Å². The molecule has 2 nitrogen and oxygen atoms in total. The van der Waals surface area contributed by atoms with Crippen LogP contribution in [0, 0.1) is 0 Å². The van der Waals surface area contributed by atoms with E-state index in [1.807, 2.05) is 18.2 Å². The highest BCUT2D eigenvalue weighted by Gasteiger charge is 2.20. The third-order valence-corrected chi connectivity index (χ3v) is 4.08. The number of fused-ring (bicyclic) bond motifs is 1. The number of ether oxygens (including phenoxy) is 2. The minimum absolute atomic E-state index is 0.0459. The van der Waals surface area contributed by atoms with E-state index in [2.05, 4.69) is 76.2 Å². The molecule has 3 aromatic carbocycles. The van der Waals surface area contributed by atoms with Gasteiger partial charge in [-0.1, -0.05) is 54.6 Å². The molecule has 1 unspecified atom stereocenters. The molecular weight excluding hydrogens is 308 g/mol. The predicted octanol–water partition coefficient (Wildman–Crippen LogP) is 6.29. The van der Waals surface area contributed by atoms with Crippen LogP contribution in [0.2, 0.25) is 0 Å². The lowest BCUT2D eigenvalue weighted by atomic mass is 10.0. The molecule has 0 bridgehead atoms. The summed E-state index contributed by atoms with van der Waals surface area (Å²) in [7, 11) is 0. The Morgan fingerprint density at radius 3 is 2.08 bits per heavy atom. The summed E-state index contributed by atoms with van der Waals surface area (Å²) in [4.78, 5) is 0. The summed E-state index contributed by atoms with van der Waals surface area (Å²) in [6.45, 7) is 8.87. The van der Waals surface area contributed by atoms with E-state index in [4.69, 9.17) is 9.47 Å². The van der Waals surface area contributed by atoms with Crippen molar-refractivity contribution in [3.8, 4) is 5.75 Å². The maximum absolute atomic E-state index is 6.19. The van der Waals surface area contributed by atoms with Crippen LogP contribution >= 0.6 is 0 Å². The smallest absolute Gasteiger partial charge is 0.126 e. The van der Waals surface area contributed by atoms with Gasteiger partial charge in [0.1, 0.15) is 12.4 Å². The van der Waals surface area contributed by atoms with Gasteiger partial charge in [0.15, 0.2) is 0 Å². The minimum Gasteiger partial charge on any atom is -0.488 e. The lowest BCUT2D eigenvalue weighted by Gasteiger charge is -2.27. The Hall–Kier alpha value is -2.32. The Labute approximate surface area is 150 Å². The molecule has 1 atom stereocenters. The second-order valence-corrected chi connectivity index (χ2v) is 7.38. The maximum Gasteiger partial charge on any atom is 0.126 e. The van der Waals surface area contributed by atoms with Crippen LogP contribution in [0.1, 0.15) is 44.9 Å². The van der Waals surface area contributed by atoms with E-state index in [-0.39, 0.29) is 11.7 Å². The first-order valence-electron chi connectivity index (χ1n) is 8.79. The van der Waals surface area contributed by atoms with Crippen molar-refractivity contribution in [3.63, 3.8) is 0 Å². The molecule has 2 heteroatoms. The fourth-order valence-corrected chi connectivity index (χ4v) is 3.01. The van der Waals surface area contributed by atoms with Gasteiger partial charge in [0.2, 0.25) is 0 Å². The molecule has 0 aromatic heterocycles. The highest BCUT2D eigenvalue weighted by atomic mass is 16.5. The summed E-state index contributed by atoms with van der Waals surface area (Å²) >= 11 is 0. The van der Waals surface area contributed by atoms with Gasteiger partial charge < -0.3 is 9.47 Å². The average Bonchev–Trinajstić information content (AvgIpc) is 2.58. The second kappa shape index (κ2) is 7.28. The number of hydrogen-bond acceptors (Lipinski definition) is 2. The molecule has 0 saturated heterocycles. The standard InChI is InChI=1S/C23H26O2/c1-17(25-23(2,3)4)21-14-19-12-8-9-13-20(19)15-22(21)24-16-18-10-6-5-7-11-18/h5-15,17H,16H2,1-4H3. The molecule has 0 aliphatic rings. The van der Waals surface area contributed by atoms with Gasteiger partial charge in [-0.3, -0.25) is 0 Å². The lowest BCUT2D eigenvalue weighted by Crippen LogP contribution is -2.21. The van der Waals surface area contributed by atoms with Crippen LogP contribution in [0.4, 0.5) is 0 Å². The number of hydrogen-bond donors (Lipinski definition) is 0. The largest absolute Gasteiger partial charge is 0.488 e. The van der Waals surface area contributed by atoms with E-state index in [1.54, 1.807) is 0 Å². The van der Waals surface area contributed by atoms with E-state index < -0.39 is 0 Å². The van der Waals surface area contributed by atoms with Crippen molar-refractivity contribution in [1.29, 1.82) is 0 Å². The Bertz CT molecular complexity index is 832. The van der Waals surface area contributed by atoms with Crippen molar-refractivity contribution in [2.24, 2.45) is 0 Å². The van der Waals surface area contributed by atoms with Gasteiger partial charge in [-0.05, 0) is 56.2 Å². The molecule has 25 heavy (non-hydrogen) atoms. The van der Waals surface area contributed by atoms with Gasteiger partial charge in [0.05, 0.1) is 11.7 Å². The zero-order valence-corrected chi connectivity index (χ0v) is 15.5. The number of benzene rings is 3. The molecule has 0 aliphatic heterocycles. The van der Waals surface area contributed by atoms with Crippen molar-refractivity contribution >= 4 is 10.8 Å². The first-order valence-corrected chi connectivity index (χ1v) is 8.79. The SMILES string of the molecule is CC(OC(C)(C)C)c1cc2ccccc2cc1OCc1ccccc1. The molecule has 3 aromatic rings. The molecule has 0 fully saturated rings. The quantitative estimate of drug-likeness (QED) is 0.545. The van der Waals surface area contributed by atoms with Crippen molar-refractivity contribution in [2.45, 2.75) is 46.0 Å². The van der Waals surface area contributed by atoms with Crippen molar-refractivity contribution < 1.29 is 9.47 Å². The molecule has 0 amide bonds. The van der Waals surface area contributed by atoms with Gasteiger partial charge in [0.25, 0.3) is 0 Å². The van der Waals surface area contributed by atoms with E-state index in [0.29, 0.717) is 6.61 Å². The topological polar surface area (TPSA) is 18.5 Å². The normalized spacial score (nSPS) is 13.0. The zero-order chi connectivity index (χ0) is 17.9. The van der Waals surface area contributed by atoms with Crippen LogP contribution in [0.5, 0.6) is 5.75 Å². The Morgan fingerprint density at radius 2 is 1.44 bits per heavy atom. The fraction of sp³-hybridized carbons (Fsp3) is 0.304. The molecule has 0 N–H and O–H groups in total. The fourth-order valence-electron chi connectivity index (χ4n) is 3.01. The first kappa shape index (κ1) is 17.5. The van der Waals surface area contributed by atoms with E-state index in [9.17, 15) is 0 Å². The molecule has 3 rings (SSSR count). The third-order valence-electron chi connectivity index (χ3n) is 4.08. The second-order valence-electron chi connectivity index (χ2n) is 7.38. The van der Waals surface area contributed by atoms with Crippen LogP contribution in [0.15, 0.2) is 66.7 Å². The zero-order valence-electron chi connectivity index (χ0n) is 15.5. The summed E-state index contributed by atoms with van der Waals surface area (Å²) in [6, 6.07) is 22.9. The predicted molar refractivity (Wildman–Crippen MR) is 104 cm³/mol. The Kier molecular flexibility index (Phi) is 5.10. The summed E-state index contributed by atoms with van der Waals surface area (Å²) in [6.07, 6.45) is -0.0459. The molecule has 0 spiro atoms. The Morgan fingerprint density at radius 1 is 0.840 bits per heavy atom. The lowest BCUT2D eigenvalue weighted by molar-refractivity contribution is -0.0538. The van der Waals surface area contributed by atoms with E-state index >= 15 is 0 Å². The van der Waals surface area contributed by atoms with Crippen molar-refractivity contribution in [2.75, 3.05) is 0 Å². The summed E-state index contributed by atoms with van der Waals surface area (Å²) in [5, 5.41) is 2.38. The molecular formula is C23H26O2. The Balaban J connectivity index is 1.94. The molecule has 130 valence electrons. The third kappa shape index (κ3) is 4.61. The van der Waals surface area contributed by atoms with Crippen LogP contribution in [-0.4, -0.2) is 5.60 Å². The minimum atomic E-state index is -0.207. The molecule has 0 aliphatic carbocycles. The van der Waals surface area contributed by atoms with Crippen LogP contribution < -0.4 is 4.74 Å². The summed E-state index contributed by atoms with van der Waals surface area (Å²) in [5.41, 5.74) is 2.04. The summed E-state index contributed by atoms with van der Waals surface area (Å²) < 4.78 is 12.4. The highest BCUT2D eigenvalue weighted by molar-refractivity contribution is 5.85. The van der Waals surface area contributed by atoms with Gasteiger partial charge in [-0.2, -0.15) is 0 Å². The van der Waals surface area contributed by atoms with Crippen LogP contribution in [-0.2, 0) is 11.3 Å². The highest BCUT2D eigenvalue weighted by Crippen LogP contribution is 2.34. The first-order chi connectivity index (χ1) is 11.9. The maximum atomic E-state index is 6.19. The van der Waals surface area contributed by atoms with Gasteiger partial charge in [0, 0.05) is 5.56 Å². The van der Waals surface area contributed by atoms with Gasteiger partial charge in [-0.15, -0.1) is 0 Å². The van der Waals surface area contributed by atoms with E-state index in [0.717, 1.165) is 16.9 Å². The van der Waals surface area contributed by atoms with Crippen LogP contribution in [0.3, 0.4) is 0 Å². The van der Waals surface area contributed by atoms with E-state index in [1.165, 1.54) is 10.8 Å². The molecule has 0 radical (unpaired) electrons. The van der Waals surface area contributed by atoms with Crippen molar-refractivity contribution in [1.82, 2.24) is 0 Å². The van der Waals surface area contributed by atoms with Gasteiger partial charge in [-0.25, -0.2) is 0 Å². The van der Waals surface area contributed by atoms with Crippen LogP contribution in [0.25, 0.3) is 10.8 Å². The molecule has 0 heterocycles. The number of rotatable bonds is 5. The monoisotopic (exact) mass is 334 g/mol.